The SMILES string of the molecule is COC(=O)C1Cc2cc(O)ccc2CN1C(=O)OC(C)(C)C. The van der Waals surface area contributed by atoms with E-state index in [2.05, 4.69) is 0 Å². The first-order valence-corrected chi connectivity index (χ1v) is 7.09. The highest BCUT2D eigenvalue weighted by molar-refractivity contribution is 5.82. The number of esters is 1. The van der Waals surface area contributed by atoms with Crippen LogP contribution in [0.2, 0.25) is 0 Å². The number of nitrogens with zero attached hydrogens (tertiary/aromatic N) is 1. The van der Waals surface area contributed by atoms with Gasteiger partial charge < -0.3 is 14.6 Å². The average Bonchev–Trinajstić information content (AvgIpc) is 2.43. The van der Waals surface area contributed by atoms with Gasteiger partial charge >= 0.3 is 12.1 Å². The van der Waals surface area contributed by atoms with E-state index < -0.39 is 23.7 Å². The lowest BCUT2D eigenvalue weighted by molar-refractivity contribution is -0.147. The molecule has 22 heavy (non-hydrogen) atoms. The number of hydrogen-bond donors (Lipinski definition) is 1. The van der Waals surface area contributed by atoms with Crippen molar-refractivity contribution in [3.05, 3.63) is 29.3 Å². The summed E-state index contributed by atoms with van der Waals surface area (Å²) in [4.78, 5) is 25.7. The van der Waals surface area contributed by atoms with Crippen molar-refractivity contribution < 1.29 is 24.2 Å². The number of rotatable bonds is 1. The molecule has 6 nitrogen and oxygen atoms in total. The maximum Gasteiger partial charge on any atom is 0.411 e. The van der Waals surface area contributed by atoms with Crippen LogP contribution in [0.3, 0.4) is 0 Å². The average molecular weight is 307 g/mol. The van der Waals surface area contributed by atoms with Crippen LogP contribution in [-0.4, -0.2) is 40.8 Å². The van der Waals surface area contributed by atoms with Crippen molar-refractivity contribution in [2.75, 3.05) is 7.11 Å². The fourth-order valence-corrected chi connectivity index (χ4v) is 2.43. The molecule has 1 aliphatic heterocycles. The molecule has 120 valence electrons. The van der Waals surface area contributed by atoms with Crippen LogP contribution in [-0.2, 0) is 27.2 Å². The molecule has 0 saturated carbocycles. The van der Waals surface area contributed by atoms with Crippen LogP contribution in [0.15, 0.2) is 18.2 Å². The molecule has 0 radical (unpaired) electrons. The second-order valence-corrected chi connectivity index (χ2v) is 6.30. The van der Waals surface area contributed by atoms with Gasteiger partial charge in [0.1, 0.15) is 17.4 Å². The van der Waals surface area contributed by atoms with Crippen molar-refractivity contribution in [3.63, 3.8) is 0 Å². The fraction of sp³-hybridized carbons (Fsp3) is 0.500. The van der Waals surface area contributed by atoms with E-state index in [4.69, 9.17) is 9.47 Å². The van der Waals surface area contributed by atoms with Gasteiger partial charge in [-0.25, -0.2) is 9.59 Å². The van der Waals surface area contributed by atoms with E-state index in [1.165, 1.54) is 12.0 Å². The third-order valence-electron chi connectivity index (χ3n) is 3.42. The number of phenols is 1. The highest BCUT2D eigenvalue weighted by atomic mass is 16.6. The quantitative estimate of drug-likeness (QED) is 0.805. The normalized spacial score (nSPS) is 17.6. The molecule has 1 aromatic carbocycles. The predicted octanol–water partition coefficient (Wildman–Crippen LogP) is 2.23. The zero-order valence-corrected chi connectivity index (χ0v) is 13.3. The molecule has 6 heteroatoms. The molecule has 1 N–H and O–H groups in total. The van der Waals surface area contributed by atoms with E-state index in [1.807, 2.05) is 0 Å². The van der Waals surface area contributed by atoms with Crippen molar-refractivity contribution in [2.24, 2.45) is 0 Å². The van der Waals surface area contributed by atoms with E-state index in [0.29, 0.717) is 0 Å². The van der Waals surface area contributed by atoms with Gasteiger partial charge in [0.2, 0.25) is 0 Å². The highest BCUT2D eigenvalue weighted by Gasteiger charge is 2.37. The van der Waals surface area contributed by atoms with E-state index >= 15 is 0 Å². The molecule has 1 aromatic rings. The minimum atomic E-state index is -0.755. The molecule has 1 amide bonds. The van der Waals surface area contributed by atoms with Gasteiger partial charge in [0.25, 0.3) is 0 Å². The Morgan fingerprint density at radius 3 is 2.55 bits per heavy atom. The summed E-state index contributed by atoms with van der Waals surface area (Å²) >= 11 is 0. The smallest absolute Gasteiger partial charge is 0.411 e. The summed E-state index contributed by atoms with van der Waals surface area (Å²) in [7, 11) is 1.29. The second-order valence-electron chi connectivity index (χ2n) is 6.30. The zero-order chi connectivity index (χ0) is 16.5. The Kier molecular flexibility index (Phi) is 4.30. The van der Waals surface area contributed by atoms with Crippen LogP contribution in [0.5, 0.6) is 5.75 Å². The van der Waals surface area contributed by atoms with Gasteiger partial charge in [0.05, 0.1) is 13.7 Å². The molecule has 0 aromatic heterocycles. The predicted molar refractivity (Wildman–Crippen MR) is 79.4 cm³/mol. The lowest BCUT2D eigenvalue weighted by atomic mass is 9.94. The Morgan fingerprint density at radius 2 is 1.95 bits per heavy atom. The van der Waals surface area contributed by atoms with E-state index in [9.17, 15) is 14.7 Å². The van der Waals surface area contributed by atoms with Crippen LogP contribution in [0.1, 0.15) is 31.9 Å². The van der Waals surface area contributed by atoms with Gasteiger partial charge in [-0.05, 0) is 44.0 Å². The fourth-order valence-electron chi connectivity index (χ4n) is 2.43. The van der Waals surface area contributed by atoms with Crippen LogP contribution in [0, 0.1) is 0 Å². The van der Waals surface area contributed by atoms with Crippen molar-refractivity contribution in [1.29, 1.82) is 0 Å². The first kappa shape index (κ1) is 16.1. The molecule has 1 unspecified atom stereocenters. The summed E-state index contributed by atoms with van der Waals surface area (Å²) in [5.41, 5.74) is 1.06. The standard InChI is InChI=1S/C16H21NO5/c1-16(2,3)22-15(20)17-9-10-5-6-12(18)7-11(10)8-13(17)14(19)21-4/h5-7,13,18H,8-9H2,1-4H3. The van der Waals surface area contributed by atoms with E-state index in [0.717, 1.165) is 11.1 Å². The Bertz CT molecular complexity index is 591. The summed E-state index contributed by atoms with van der Waals surface area (Å²) < 4.78 is 10.2. The van der Waals surface area contributed by atoms with Gasteiger partial charge in [-0.3, -0.25) is 4.90 Å². The summed E-state index contributed by atoms with van der Waals surface area (Å²) in [6, 6.07) is 4.16. The van der Waals surface area contributed by atoms with E-state index in [1.54, 1.807) is 39.0 Å². The molecule has 0 aliphatic carbocycles. The molecule has 0 spiro atoms. The van der Waals surface area contributed by atoms with E-state index in [-0.39, 0.29) is 18.7 Å². The number of carbonyl (C=O) groups is 2. The van der Waals surface area contributed by atoms with Crippen molar-refractivity contribution in [2.45, 2.75) is 45.4 Å². The first-order chi connectivity index (χ1) is 10.2. The van der Waals surface area contributed by atoms with Crippen LogP contribution in [0.25, 0.3) is 0 Å². The Labute approximate surface area is 129 Å². The number of hydrogen-bond acceptors (Lipinski definition) is 5. The Hall–Kier alpha value is -2.24. The maximum absolute atomic E-state index is 12.4. The van der Waals surface area contributed by atoms with Gasteiger partial charge in [-0.15, -0.1) is 0 Å². The summed E-state index contributed by atoms with van der Waals surface area (Å²) in [5.74, 6) is -0.368. The summed E-state index contributed by atoms with van der Waals surface area (Å²) in [6.45, 7) is 5.56. The second kappa shape index (κ2) is 5.87. The van der Waals surface area contributed by atoms with Crippen LogP contribution >= 0.6 is 0 Å². The maximum atomic E-state index is 12.4. The first-order valence-electron chi connectivity index (χ1n) is 7.09. The number of fused-ring (bicyclic) bond motifs is 1. The molecule has 1 aliphatic rings. The lowest BCUT2D eigenvalue weighted by Gasteiger charge is -2.36. The number of aromatic hydroxyl groups is 1. The monoisotopic (exact) mass is 307 g/mol. The highest BCUT2D eigenvalue weighted by Crippen LogP contribution is 2.28. The molecule has 0 bridgehead atoms. The number of phenolic OH excluding ortho intramolecular Hbond substituents is 1. The summed E-state index contributed by atoms with van der Waals surface area (Å²) in [5, 5.41) is 9.58. The van der Waals surface area contributed by atoms with Crippen LogP contribution in [0.4, 0.5) is 4.79 Å². The third-order valence-corrected chi connectivity index (χ3v) is 3.42. The minimum Gasteiger partial charge on any atom is -0.508 e. The Morgan fingerprint density at radius 1 is 1.27 bits per heavy atom. The molecule has 0 fully saturated rings. The number of methoxy groups -OCH3 is 1. The number of amides is 1. The van der Waals surface area contributed by atoms with Gasteiger partial charge in [0.15, 0.2) is 0 Å². The molecule has 2 rings (SSSR count). The van der Waals surface area contributed by atoms with Crippen molar-refractivity contribution >= 4 is 12.1 Å². The van der Waals surface area contributed by atoms with Crippen molar-refractivity contribution in [1.82, 2.24) is 4.90 Å². The molecule has 1 heterocycles. The summed E-state index contributed by atoms with van der Waals surface area (Å²) in [6.07, 6.45) is -0.267. The van der Waals surface area contributed by atoms with Crippen LogP contribution < -0.4 is 0 Å². The van der Waals surface area contributed by atoms with Gasteiger partial charge in [-0.2, -0.15) is 0 Å². The zero-order valence-electron chi connectivity index (χ0n) is 13.3. The number of carbonyl (C=O) groups excluding carboxylic acids is 2. The lowest BCUT2D eigenvalue weighted by Crippen LogP contribution is -2.50. The Balaban J connectivity index is 2.32. The topological polar surface area (TPSA) is 76.1 Å². The minimum absolute atomic E-state index is 0.132. The molecule has 1 atom stereocenters. The molecular weight excluding hydrogens is 286 g/mol. The van der Waals surface area contributed by atoms with Crippen molar-refractivity contribution in [3.8, 4) is 5.75 Å². The van der Waals surface area contributed by atoms with Gasteiger partial charge in [-0.1, -0.05) is 6.07 Å². The number of benzene rings is 1. The largest absolute Gasteiger partial charge is 0.508 e. The molecule has 0 saturated heterocycles. The third kappa shape index (κ3) is 3.50. The number of ether oxygens (including phenoxy) is 2. The van der Waals surface area contributed by atoms with Gasteiger partial charge in [0, 0.05) is 6.42 Å². The molecular formula is C16H21NO5.